The van der Waals surface area contributed by atoms with E-state index in [4.69, 9.17) is 4.74 Å². The molecule has 0 unspecified atom stereocenters. The van der Waals surface area contributed by atoms with E-state index in [9.17, 15) is 4.79 Å². The van der Waals surface area contributed by atoms with Crippen LogP contribution in [0.25, 0.3) is 11.1 Å². The molecule has 0 heterocycles. The number of hydrogen-bond donors (Lipinski definition) is 0. The van der Waals surface area contributed by atoms with Crippen molar-refractivity contribution in [1.29, 1.82) is 0 Å². The highest BCUT2D eigenvalue weighted by Crippen LogP contribution is 2.38. The Morgan fingerprint density at radius 1 is 0.686 bits per heavy atom. The van der Waals surface area contributed by atoms with Crippen LogP contribution < -0.4 is 4.74 Å². The van der Waals surface area contributed by atoms with Crippen molar-refractivity contribution in [1.82, 2.24) is 0 Å². The average molecular weight is 477 g/mol. The Hall–Kier alpha value is -2.09. The molecule has 0 bridgehead atoms. The maximum Gasteiger partial charge on any atom is 0.311 e. The third kappa shape index (κ3) is 9.82. The Morgan fingerprint density at radius 2 is 1.23 bits per heavy atom. The van der Waals surface area contributed by atoms with Crippen LogP contribution in [0.4, 0.5) is 0 Å². The second kappa shape index (κ2) is 15.8. The Bertz CT molecular complexity index is 828. The molecule has 2 aromatic rings. The lowest BCUT2D eigenvalue weighted by Gasteiger charge is -2.29. The summed E-state index contributed by atoms with van der Waals surface area (Å²) in [6, 6.07) is 17.1. The van der Waals surface area contributed by atoms with E-state index in [1.807, 2.05) is 12.1 Å². The van der Waals surface area contributed by atoms with Crippen LogP contribution >= 0.6 is 0 Å². The van der Waals surface area contributed by atoms with E-state index < -0.39 is 0 Å². The lowest BCUT2D eigenvalue weighted by molar-refractivity contribution is -0.134. The number of carbonyl (C=O) groups is 1. The van der Waals surface area contributed by atoms with Crippen molar-refractivity contribution < 1.29 is 9.53 Å². The van der Waals surface area contributed by atoms with Gasteiger partial charge in [0.2, 0.25) is 0 Å². The van der Waals surface area contributed by atoms with Gasteiger partial charge in [-0.25, -0.2) is 0 Å². The monoisotopic (exact) mass is 476 g/mol. The zero-order valence-corrected chi connectivity index (χ0v) is 22.4. The fourth-order valence-corrected chi connectivity index (χ4v) is 5.54. The van der Waals surface area contributed by atoms with Gasteiger partial charge in [0.15, 0.2) is 0 Å². The Labute approximate surface area is 214 Å². The minimum Gasteiger partial charge on any atom is -0.427 e. The number of hydrogen-bond acceptors (Lipinski definition) is 2. The molecule has 2 heteroatoms. The zero-order valence-electron chi connectivity index (χ0n) is 22.4. The quantitative estimate of drug-likeness (QED) is 0.145. The van der Waals surface area contributed by atoms with Crippen LogP contribution in [0, 0.1) is 5.92 Å². The molecule has 1 aliphatic carbocycles. The molecule has 192 valence electrons. The second-order valence-electron chi connectivity index (χ2n) is 10.7. The highest BCUT2D eigenvalue weighted by atomic mass is 16.5. The molecule has 0 saturated heterocycles. The molecule has 0 atom stereocenters. The molecule has 3 rings (SSSR count). The van der Waals surface area contributed by atoms with Gasteiger partial charge in [-0.2, -0.15) is 0 Å². The third-order valence-corrected chi connectivity index (χ3v) is 7.85. The fraction of sp³-hybridized carbons (Fsp3) is 0.606. The normalized spacial score (nSPS) is 17.9. The lowest BCUT2D eigenvalue weighted by atomic mass is 9.77. The first-order chi connectivity index (χ1) is 17.2. The smallest absolute Gasteiger partial charge is 0.311 e. The van der Waals surface area contributed by atoms with Gasteiger partial charge < -0.3 is 4.74 Å². The van der Waals surface area contributed by atoms with Crippen molar-refractivity contribution in [3.05, 3.63) is 54.1 Å². The van der Waals surface area contributed by atoms with Gasteiger partial charge >= 0.3 is 5.97 Å². The van der Waals surface area contributed by atoms with E-state index in [1.54, 1.807) is 0 Å². The standard InChI is InChI=1S/C33H48O2/c1-3-5-7-9-11-13-27-15-17-28(18-16-27)29-19-21-30(22-20-29)31-23-25-32(26-24-31)35-33(34)14-12-10-8-6-4-2/h19-28H,3-18H2,1-2H3. The summed E-state index contributed by atoms with van der Waals surface area (Å²) >= 11 is 0. The van der Waals surface area contributed by atoms with Crippen LogP contribution in [0.15, 0.2) is 48.5 Å². The molecule has 0 aliphatic heterocycles. The van der Waals surface area contributed by atoms with Gasteiger partial charge in [0.05, 0.1) is 0 Å². The highest BCUT2D eigenvalue weighted by molar-refractivity contribution is 5.73. The predicted octanol–water partition coefficient (Wildman–Crippen LogP) is 10.3. The van der Waals surface area contributed by atoms with Gasteiger partial charge in [0.25, 0.3) is 0 Å². The van der Waals surface area contributed by atoms with E-state index in [1.165, 1.54) is 100 Å². The second-order valence-corrected chi connectivity index (χ2v) is 10.7. The minimum atomic E-state index is -0.121. The number of rotatable bonds is 15. The average Bonchev–Trinajstić information content (AvgIpc) is 2.89. The number of esters is 1. The molecule has 1 fully saturated rings. The van der Waals surface area contributed by atoms with Crippen LogP contribution in [-0.2, 0) is 4.79 Å². The van der Waals surface area contributed by atoms with Crippen LogP contribution in [0.2, 0.25) is 0 Å². The van der Waals surface area contributed by atoms with Crippen molar-refractivity contribution in [2.24, 2.45) is 5.92 Å². The molecule has 35 heavy (non-hydrogen) atoms. The fourth-order valence-electron chi connectivity index (χ4n) is 5.54. The molecule has 0 aromatic heterocycles. The topological polar surface area (TPSA) is 26.3 Å². The van der Waals surface area contributed by atoms with Crippen LogP contribution in [0.5, 0.6) is 5.75 Å². The number of unbranched alkanes of at least 4 members (excludes halogenated alkanes) is 8. The molecule has 1 aliphatic rings. The van der Waals surface area contributed by atoms with E-state index in [-0.39, 0.29) is 5.97 Å². The minimum absolute atomic E-state index is 0.121. The number of carbonyl (C=O) groups excluding carboxylic acids is 1. The Balaban J connectivity index is 1.40. The lowest BCUT2D eigenvalue weighted by Crippen LogP contribution is -2.13. The van der Waals surface area contributed by atoms with Gasteiger partial charge in [0, 0.05) is 6.42 Å². The van der Waals surface area contributed by atoms with Crippen molar-refractivity contribution in [2.45, 2.75) is 122 Å². The third-order valence-electron chi connectivity index (χ3n) is 7.85. The summed E-state index contributed by atoms with van der Waals surface area (Å²) in [5.41, 5.74) is 3.89. The first-order valence-corrected chi connectivity index (χ1v) is 14.6. The van der Waals surface area contributed by atoms with Crippen molar-refractivity contribution >= 4 is 5.97 Å². The molecule has 1 saturated carbocycles. The molecule has 0 amide bonds. The highest BCUT2D eigenvalue weighted by Gasteiger charge is 2.22. The number of benzene rings is 2. The van der Waals surface area contributed by atoms with E-state index in [0.717, 1.165) is 24.7 Å². The van der Waals surface area contributed by atoms with Crippen molar-refractivity contribution in [3.8, 4) is 16.9 Å². The maximum atomic E-state index is 12.1. The maximum absolute atomic E-state index is 12.1. The first kappa shape index (κ1) is 27.5. The van der Waals surface area contributed by atoms with E-state index in [2.05, 4.69) is 50.2 Å². The Kier molecular flexibility index (Phi) is 12.4. The van der Waals surface area contributed by atoms with Crippen molar-refractivity contribution in [2.75, 3.05) is 0 Å². The summed E-state index contributed by atoms with van der Waals surface area (Å²) in [6.07, 6.45) is 20.2. The molecular formula is C33H48O2. The van der Waals surface area contributed by atoms with E-state index >= 15 is 0 Å². The molecule has 0 spiro atoms. The molecule has 0 N–H and O–H groups in total. The summed E-state index contributed by atoms with van der Waals surface area (Å²) in [7, 11) is 0. The summed E-state index contributed by atoms with van der Waals surface area (Å²) in [5.74, 6) is 2.21. The first-order valence-electron chi connectivity index (χ1n) is 14.6. The van der Waals surface area contributed by atoms with E-state index in [0.29, 0.717) is 12.2 Å². The zero-order chi connectivity index (χ0) is 24.7. The van der Waals surface area contributed by atoms with Crippen molar-refractivity contribution in [3.63, 3.8) is 0 Å². The molecule has 2 nitrogen and oxygen atoms in total. The summed E-state index contributed by atoms with van der Waals surface area (Å²) < 4.78 is 5.52. The molecule has 2 aromatic carbocycles. The van der Waals surface area contributed by atoms with Gasteiger partial charge in [0.1, 0.15) is 5.75 Å². The van der Waals surface area contributed by atoms with Gasteiger partial charge in [-0.1, -0.05) is 114 Å². The molecule has 0 radical (unpaired) electrons. The van der Waals surface area contributed by atoms with Crippen LogP contribution in [0.3, 0.4) is 0 Å². The molecular weight excluding hydrogens is 428 g/mol. The van der Waals surface area contributed by atoms with Crippen LogP contribution in [-0.4, -0.2) is 5.97 Å². The SMILES string of the molecule is CCCCCCCC(=O)Oc1ccc(-c2ccc(C3CCC(CCCCCCC)CC3)cc2)cc1. The predicted molar refractivity (Wildman–Crippen MR) is 149 cm³/mol. The largest absolute Gasteiger partial charge is 0.427 e. The van der Waals surface area contributed by atoms with Gasteiger partial charge in [-0.15, -0.1) is 0 Å². The summed E-state index contributed by atoms with van der Waals surface area (Å²) in [6.45, 7) is 4.49. The Morgan fingerprint density at radius 3 is 1.83 bits per heavy atom. The summed E-state index contributed by atoms with van der Waals surface area (Å²) in [4.78, 5) is 12.1. The van der Waals surface area contributed by atoms with Gasteiger partial charge in [-0.05, 0) is 72.8 Å². The van der Waals surface area contributed by atoms with Crippen LogP contribution in [0.1, 0.15) is 128 Å². The number of ether oxygens (including phenoxy) is 1. The van der Waals surface area contributed by atoms with Gasteiger partial charge in [-0.3, -0.25) is 4.79 Å². The summed E-state index contributed by atoms with van der Waals surface area (Å²) in [5, 5.41) is 0.